The number of carbonyl (C=O) groups excluding carboxylic acids is 2. The molecule has 1 aromatic heterocycles. The first-order valence-electron chi connectivity index (χ1n) is 8.64. The van der Waals surface area contributed by atoms with Crippen molar-refractivity contribution in [3.05, 3.63) is 53.0 Å². The van der Waals surface area contributed by atoms with Crippen LogP contribution in [0.2, 0.25) is 0 Å². The molecule has 2 N–H and O–H groups in total. The quantitative estimate of drug-likeness (QED) is 0.729. The van der Waals surface area contributed by atoms with Crippen molar-refractivity contribution in [2.24, 2.45) is 0 Å². The van der Waals surface area contributed by atoms with Gasteiger partial charge in [0.15, 0.2) is 0 Å². The van der Waals surface area contributed by atoms with Crippen LogP contribution >= 0.6 is 11.3 Å². The molecule has 6 heteroatoms. The molecule has 0 unspecified atom stereocenters. The van der Waals surface area contributed by atoms with E-state index in [4.69, 9.17) is 0 Å². The van der Waals surface area contributed by atoms with E-state index in [1.54, 1.807) is 17.4 Å². The molecule has 2 amide bonds. The van der Waals surface area contributed by atoms with Crippen LogP contribution in [-0.4, -0.2) is 29.4 Å². The fraction of sp³-hybridized carbons (Fsp3) is 0.250. The minimum atomic E-state index is -0.247. The zero-order valence-corrected chi connectivity index (χ0v) is 15.2. The van der Waals surface area contributed by atoms with E-state index in [0.29, 0.717) is 11.6 Å². The van der Waals surface area contributed by atoms with Crippen LogP contribution in [0.3, 0.4) is 0 Å². The standard InChI is InChI=1S/C20H19N3O2S/c1-12-22-17-10-14(5-8-18(17)26-12)13-3-2-4-15(9-13)20(25)21-11-19(24)23-16-6-7-16/h2-5,8-10,16H,6-7,11H2,1H3,(H,21,25)(H,23,24). The third-order valence-corrected chi connectivity index (χ3v) is 5.26. The van der Waals surface area contributed by atoms with Crippen LogP contribution in [0.25, 0.3) is 21.3 Å². The molecule has 0 aliphatic heterocycles. The number of aromatic nitrogens is 1. The summed E-state index contributed by atoms with van der Waals surface area (Å²) in [4.78, 5) is 28.6. The summed E-state index contributed by atoms with van der Waals surface area (Å²) < 4.78 is 1.15. The molecule has 1 aliphatic rings. The van der Waals surface area contributed by atoms with Gasteiger partial charge in [0.25, 0.3) is 5.91 Å². The van der Waals surface area contributed by atoms with Gasteiger partial charge in [-0.1, -0.05) is 18.2 Å². The lowest BCUT2D eigenvalue weighted by Crippen LogP contribution is -2.37. The minimum absolute atomic E-state index is 0.00359. The predicted octanol–water partition coefficient (Wildman–Crippen LogP) is 3.28. The molecule has 5 nitrogen and oxygen atoms in total. The number of carbonyl (C=O) groups is 2. The maximum absolute atomic E-state index is 12.3. The Hall–Kier alpha value is -2.73. The second-order valence-electron chi connectivity index (χ2n) is 6.52. The Balaban J connectivity index is 1.49. The number of amides is 2. The number of hydrogen-bond acceptors (Lipinski definition) is 4. The average Bonchev–Trinajstić information content (AvgIpc) is 3.37. The number of fused-ring (bicyclic) bond motifs is 1. The van der Waals surface area contributed by atoms with Gasteiger partial charge in [-0.15, -0.1) is 11.3 Å². The molecule has 0 atom stereocenters. The van der Waals surface area contributed by atoms with E-state index in [1.165, 1.54) is 0 Å². The van der Waals surface area contributed by atoms with Gasteiger partial charge in [0.05, 0.1) is 21.8 Å². The van der Waals surface area contributed by atoms with Crippen LogP contribution in [0.4, 0.5) is 0 Å². The maximum Gasteiger partial charge on any atom is 0.251 e. The topological polar surface area (TPSA) is 71.1 Å². The number of hydrogen-bond donors (Lipinski definition) is 2. The van der Waals surface area contributed by atoms with E-state index < -0.39 is 0 Å². The molecule has 1 heterocycles. The first-order valence-corrected chi connectivity index (χ1v) is 9.45. The van der Waals surface area contributed by atoms with Gasteiger partial charge in [0.2, 0.25) is 5.91 Å². The first kappa shape index (κ1) is 16.7. The van der Waals surface area contributed by atoms with Crippen LogP contribution in [0.5, 0.6) is 0 Å². The van der Waals surface area contributed by atoms with Crippen LogP contribution in [0, 0.1) is 6.92 Å². The van der Waals surface area contributed by atoms with E-state index in [1.807, 2.05) is 37.3 Å². The third-order valence-electron chi connectivity index (χ3n) is 4.30. The Kier molecular flexibility index (Phi) is 4.42. The molecule has 0 radical (unpaired) electrons. The molecule has 132 valence electrons. The van der Waals surface area contributed by atoms with Crippen molar-refractivity contribution in [1.82, 2.24) is 15.6 Å². The van der Waals surface area contributed by atoms with Gasteiger partial charge >= 0.3 is 0 Å². The van der Waals surface area contributed by atoms with Crippen LogP contribution in [0.1, 0.15) is 28.2 Å². The van der Waals surface area contributed by atoms with E-state index in [0.717, 1.165) is 39.2 Å². The molecule has 1 fully saturated rings. The largest absolute Gasteiger partial charge is 0.352 e. The number of benzene rings is 2. The van der Waals surface area contributed by atoms with E-state index in [2.05, 4.69) is 21.7 Å². The SMILES string of the molecule is Cc1nc2cc(-c3cccc(C(=O)NCC(=O)NC4CC4)c3)ccc2s1. The highest BCUT2D eigenvalue weighted by Crippen LogP contribution is 2.28. The number of thiazole rings is 1. The first-order chi connectivity index (χ1) is 12.6. The molecule has 0 saturated heterocycles. The monoisotopic (exact) mass is 365 g/mol. The van der Waals surface area contributed by atoms with E-state index >= 15 is 0 Å². The molecule has 26 heavy (non-hydrogen) atoms. The molecule has 0 bridgehead atoms. The Morgan fingerprint density at radius 2 is 1.96 bits per heavy atom. The summed E-state index contributed by atoms with van der Waals surface area (Å²) in [6.07, 6.45) is 2.06. The molecule has 1 aliphatic carbocycles. The summed E-state index contributed by atoms with van der Waals surface area (Å²) in [6.45, 7) is 2.00. The van der Waals surface area contributed by atoms with Gasteiger partial charge in [-0.25, -0.2) is 4.98 Å². The van der Waals surface area contributed by atoms with Crippen LogP contribution in [-0.2, 0) is 4.79 Å². The summed E-state index contributed by atoms with van der Waals surface area (Å²) in [7, 11) is 0. The van der Waals surface area contributed by atoms with E-state index in [9.17, 15) is 9.59 Å². The molecule has 0 spiro atoms. The molecule has 4 rings (SSSR count). The van der Waals surface area contributed by atoms with Crippen molar-refractivity contribution in [2.45, 2.75) is 25.8 Å². The summed E-state index contributed by atoms with van der Waals surface area (Å²) in [5.41, 5.74) is 3.48. The molecule has 2 aromatic carbocycles. The fourth-order valence-corrected chi connectivity index (χ4v) is 3.64. The summed E-state index contributed by atoms with van der Waals surface area (Å²) >= 11 is 1.67. The Bertz CT molecular complexity index is 992. The lowest BCUT2D eigenvalue weighted by atomic mass is 10.0. The normalized spacial score (nSPS) is 13.6. The highest BCUT2D eigenvalue weighted by Gasteiger charge is 2.23. The number of aryl methyl sites for hydroxylation is 1. The molecular weight excluding hydrogens is 346 g/mol. The molecule has 1 saturated carbocycles. The van der Waals surface area contributed by atoms with Crippen molar-refractivity contribution in [1.29, 1.82) is 0 Å². The third kappa shape index (κ3) is 3.75. The minimum Gasteiger partial charge on any atom is -0.352 e. The summed E-state index contributed by atoms with van der Waals surface area (Å²) in [5, 5.41) is 6.58. The van der Waals surface area contributed by atoms with Gasteiger partial charge in [-0.3, -0.25) is 9.59 Å². The molecule has 3 aromatic rings. The average molecular weight is 365 g/mol. The van der Waals surface area contributed by atoms with Crippen molar-refractivity contribution < 1.29 is 9.59 Å². The lowest BCUT2D eigenvalue weighted by Gasteiger charge is -2.08. The van der Waals surface area contributed by atoms with Crippen LogP contribution < -0.4 is 10.6 Å². The van der Waals surface area contributed by atoms with Crippen molar-refractivity contribution >= 4 is 33.4 Å². The Labute approximate surface area is 155 Å². The van der Waals surface area contributed by atoms with Gasteiger partial charge in [0, 0.05) is 11.6 Å². The van der Waals surface area contributed by atoms with Gasteiger partial charge in [-0.2, -0.15) is 0 Å². The zero-order valence-electron chi connectivity index (χ0n) is 14.4. The summed E-state index contributed by atoms with van der Waals surface area (Å²) in [6, 6.07) is 13.9. The Morgan fingerprint density at radius 1 is 1.15 bits per heavy atom. The smallest absolute Gasteiger partial charge is 0.251 e. The van der Waals surface area contributed by atoms with Gasteiger partial charge in [0.1, 0.15) is 0 Å². The van der Waals surface area contributed by atoms with Crippen LogP contribution in [0.15, 0.2) is 42.5 Å². The van der Waals surface area contributed by atoms with Crippen molar-refractivity contribution in [3.8, 4) is 11.1 Å². The maximum atomic E-state index is 12.3. The fourth-order valence-electron chi connectivity index (χ4n) is 2.83. The molecular formula is C20H19N3O2S. The number of rotatable bonds is 5. The van der Waals surface area contributed by atoms with Gasteiger partial charge in [-0.05, 0) is 55.2 Å². The number of nitrogens with one attached hydrogen (secondary N) is 2. The number of nitrogens with zero attached hydrogens (tertiary/aromatic N) is 1. The second kappa shape index (κ2) is 6.88. The van der Waals surface area contributed by atoms with Gasteiger partial charge < -0.3 is 10.6 Å². The van der Waals surface area contributed by atoms with Crippen molar-refractivity contribution in [2.75, 3.05) is 6.54 Å². The lowest BCUT2D eigenvalue weighted by molar-refractivity contribution is -0.120. The summed E-state index contributed by atoms with van der Waals surface area (Å²) in [5.74, 6) is -0.385. The highest BCUT2D eigenvalue weighted by atomic mass is 32.1. The van der Waals surface area contributed by atoms with Crippen molar-refractivity contribution in [3.63, 3.8) is 0 Å². The van der Waals surface area contributed by atoms with E-state index in [-0.39, 0.29) is 18.4 Å². The zero-order chi connectivity index (χ0) is 18.1. The Morgan fingerprint density at radius 3 is 2.77 bits per heavy atom. The second-order valence-corrected chi connectivity index (χ2v) is 7.76. The highest BCUT2D eigenvalue weighted by molar-refractivity contribution is 7.18. The predicted molar refractivity (Wildman–Crippen MR) is 103 cm³/mol.